The van der Waals surface area contributed by atoms with Crippen molar-refractivity contribution >= 4 is 5.91 Å². The van der Waals surface area contributed by atoms with Crippen molar-refractivity contribution in [3.05, 3.63) is 52.7 Å². The van der Waals surface area contributed by atoms with E-state index >= 15 is 0 Å². The zero-order valence-electron chi connectivity index (χ0n) is 13.2. The van der Waals surface area contributed by atoms with Gasteiger partial charge in [0.15, 0.2) is 5.89 Å². The molecule has 1 aliphatic rings. The zero-order chi connectivity index (χ0) is 15.7. The minimum Gasteiger partial charge on any atom is -0.436 e. The molecule has 0 unspecified atom stereocenters. The van der Waals surface area contributed by atoms with E-state index in [1.165, 1.54) is 11.1 Å². The Bertz CT molecular complexity index is 693. The molecule has 3 rings (SSSR count). The van der Waals surface area contributed by atoms with Gasteiger partial charge in [0, 0.05) is 26.1 Å². The van der Waals surface area contributed by atoms with Crippen molar-refractivity contribution in [2.24, 2.45) is 0 Å². The number of fused-ring (bicyclic) bond motifs is 1. The largest absolute Gasteiger partial charge is 0.436 e. The highest BCUT2D eigenvalue weighted by Gasteiger charge is 2.24. The first kappa shape index (κ1) is 14.8. The minimum absolute atomic E-state index is 0.189. The summed E-state index contributed by atoms with van der Waals surface area (Å²) in [5, 5.41) is 2.97. The van der Waals surface area contributed by atoms with E-state index in [-0.39, 0.29) is 5.91 Å². The number of benzene rings is 1. The highest BCUT2D eigenvalue weighted by atomic mass is 16.4. The van der Waals surface area contributed by atoms with Gasteiger partial charge >= 0.3 is 0 Å². The van der Waals surface area contributed by atoms with Crippen LogP contribution in [0, 0.1) is 13.8 Å². The summed E-state index contributed by atoms with van der Waals surface area (Å²) in [4.78, 5) is 18.6. The second-order valence-corrected chi connectivity index (χ2v) is 5.90. The zero-order valence-corrected chi connectivity index (χ0v) is 13.2. The first-order valence-corrected chi connectivity index (χ1v) is 7.54. The molecular formula is C17H21N3O2. The van der Waals surface area contributed by atoms with E-state index in [0.29, 0.717) is 29.9 Å². The Morgan fingerprint density at radius 1 is 1.36 bits per heavy atom. The number of carbonyl (C=O) groups excluding carboxylic acids is 1. The lowest BCUT2D eigenvalue weighted by Crippen LogP contribution is -2.45. The molecule has 0 fully saturated rings. The van der Waals surface area contributed by atoms with Gasteiger partial charge in [-0.05, 0) is 31.5 Å². The van der Waals surface area contributed by atoms with Crippen LogP contribution in [-0.2, 0) is 13.0 Å². The average molecular weight is 299 g/mol. The van der Waals surface area contributed by atoms with Gasteiger partial charge in [-0.3, -0.25) is 9.69 Å². The monoisotopic (exact) mass is 299 g/mol. The maximum absolute atomic E-state index is 12.2. The second-order valence-electron chi connectivity index (χ2n) is 5.90. The molecule has 2 aromatic rings. The van der Waals surface area contributed by atoms with E-state index < -0.39 is 0 Å². The summed E-state index contributed by atoms with van der Waals surface area (Å²) >= 11 is 0. The van der Waals surface area contributed by atoms with Crippen LogP contribution in [0.1, 0.15) is 33.3 Å². The van der Waals surface area contributed by atoms with Crippen LogP contribution in [0.5, 0.6) is 0 Å². The lowest BCUT2D eigenvalue weighted by Gasteiger charge is -2.34. The molecule has 0 radical (unpaired) electrons. The number of hydrogen-bond acceptors (Lipinski definition) is 4. The standard InChI is InChI=1S/C17H21N3O2/c1-11-16(22-12(2)19-11)17(21)18-9-15-8-13-6-4-5-7-14(13)10-20(15)3/h4-7,15H,8-10H2,1-3H3,(H,18,21)/t15-/m1/s1. The number of aromatic nitrogens is 1. The Labute approximate surface area is 130 Å². The average Bonchev–Trinajstić information content (AvgIpc) is 2.83. The molecule has 1 aromatic heterocycles. The number of nitrogens with zero attached hydrogens (tertiary/aromatic N) is 2. The van der Waals surface area contributed by atoms with E-state index in [9.17, 15) is 4.79 Å². The summed E-state index contributed by atoms with van der Waals surface area (Å²) in [7, 11) is 2.09. The van der Waals surface area contributed by atoms with E-state index in [0.717, 1.165) is 13.0 Å². The second kappa shape index (κ2) is 5.93. The molecule has 22 heavy (non-hydrogen) atoms. The molecule has 5 heteroatoms. The molecule has 1 aliphatic heterocycles. The molecular weight excluding hydrogens is 278 g/mol. The van der Waals surface area contributed by atoms with Gasteiger partial charge in [0.1, 0.15) is 0 Å². The summed E-state index contributed by atoms with van der Waals surface area (Å²) in [5.74, 6) is 0.646. The van der Waals surface area contributed by atoms with Crippen molar-refractivity contribution in [3.8, 4) is 0 Å². The Kier molecular flexibility index (Phi) is 3.98. The molecule has 1 amide bonds. The number of amides is 1. The number of oxazole rings is 1. The fourth-order valence-corrected chi connectivity index (χ4v) is 2.98. The maximum Gasteiger partial charge on any atom is 0.289 e. The summed E-state index contributed by atoms with van der Waals surface area (Å²) in [5.41, 5.74) is 3.37. The van der Waals surface area contributed by atoms with Crippen molar-refractivity contribution in [3.63, 3.8) is 0 Å². The van der Waals surface area contributed by atoms with E-state index in [1.807, 2.05) is 0 Å². The lowest BCUT2D eigenvalue weighted by molar-refractivity contribution is 0.0904. The van der Waals surface area contributed by atoms with Crippen LogP contribution >= 0.6 is 0 Å². The molecule has 0 saturated carbocycles. The van der Waals surface area contributed by atoms with Gasteiger partial charge in [-0.1, -0.05) is 24.3 Å². The summed E-state index contributed by atoms with van der Waals surface area (Å²) < 4.78 is 5.36. The molecule has 5 nitrogen and oxygen atoms in total. The van der Waals surface area contributed by atoms with Crippen molar-refractivity contribution in [1.29, 1.82) is 0 Å². The predicted octanol–water partition coefficient (Wildman–Crippen LogP) is 2.08. The lowest BCUT2D eigenvalue weighted by atomic mass is 9.94. The maximum atomic E-state index is 12.2. The summed E-state index contributed by atoms with van der Waals surface area (Å²) in [6, 6.07) is 8.77. The first-order chi connectivity index (χ1) is 10.5. The quantitative estimate of drug-likeness (QED) is 0.942. The molecule has 0 spiro atoms. The SMILES string of the molecule is Cc1nc(C)c(C(=O)NC[C@H]2Cc3ccccc3CN2C)o1. The topological polar surface area (TPSA) is 58.4 Å². The first-order valence-electron chi connectivity index (χ1n) is 7.54. The molecule has 2 heterocycles. The normalized spacial score (nSPS) is 18.0. The minimum atomic E-state index is -0.189. The van der Waals surface area contributed by atoms with Crippen molar-refractivity contribution in [2.75, 3.05) is 13.6 Å². The molecule has 1 N–H and O–H groups in total. The van der Waals surface area contributed by atoms with Gasteiger partial charge in [0.05, 0.1) is 5.69 Å². The number of rotatable bonds is 3. The summed E-state index contributed by atoms with van der Waals surface area (Å²) in [6.07, 6.45) is 0.946. The van der Waals surface area contributed by atoms with Crippen LogP contribution in [-0.4, -0.2) is 35.4 Å². The van der Waals surface area contributed by atoms with Crippen molar-refractivity contribution < 1.29 is 9.21 Å². The van der Waals surface area contributed by atoms with E-state index in [4.69, 9.17) is 4.42 Å². The van der Waals surface area contributed by atoms with Crippen LogP contribution in [0.2, 0.25) is 0 Å². The highest BCUT2D eigenvalue weighted by Crippen LogP contribution is 2.21. The number of aryl methyl sites for hydroxylation is 2. The number of carbonyl (C=O) groups is 1. The smallest absolute Gasteiger partial charge is 0.289 e. The number of likely N-dealkylation sites (N-methyl/N-ethyl adjacent to an activating group) is 1. The molecule has 1 aromatic carbocycles. The molecule has 0 aliphatic carbocycles. The van der Waals surface area contributed by atoms with E-state index in [2.05, 4.69) is 46.5 Å². The molecule has 1 atom stereocenters. The van der Waals surface area contributed by atoms with Gasteiger partial charge < -0.3 is 9.73 Å². The molecule has 0 bridgehead atoms. The van der Waals surface area contributed by atoms with Crippen LogP contribution in [0.25, 0.3) is 0 Å². The fourth-order valence-electron chi connectivity index (χ4n) is 2.98. The highest BCUT2D eigenvalue weighted by molar-refractivity contribution is 5.92. The van der Waals surface area contributed by atoms with Crippen molar-refractivity contribution in [1.82, 2.24) is 15.2 Å². The van der Waals surface area contributed by atoms with Crippen LogP contribution in [0.15, 0.2) is 28.7 Å². The third kappa shape index (κ3) is 2.90. The Hall–Kier alpha value is -2.14. The van der Waals surface area contributed by atoms with E-state index in [1.54, 1.807) is 13.8 Å². The molecule has 0 saturated heterocycles. The van der Waals surface area contributed by atoms with Gasteiger partial charge in [-0.25, -0.2) is 4.98 Å². The number of nitrogens with one attached hydrogen (secondary N) is 1. The fraction of sp³-hybridized carbons (Fsp3) is 0.412. The third-order valence-electron chi connectivity index (χ3n) is 4.23. The Morgan fingerprint density at radius 2 is 2.09 bits per heavy atom. The van der Waals surface area contributed by atoms with Crippen LogP contribution in [0.4, 0.5) is 0 Å². The van der Waals surface area contributed by atoms with Crippen LogP contribution in [0.3, 0.4) is 0 Å². The third-order valence-corrected chi connectivity index (χ3v) is 4.23. The van der Waals surface area contributed by atoms with Gasteiger partial charge in [0.25, 0.3) is 5.91 Å². The van der Waals surface area contributed by atoms with Crippen LogP contribution < -0.4 is 5.32 Å². The Morgan fingerprint density at radius 3 is 2.77 bits per heavy atom. The predicted molar refractivity (Wildman–Crippen MR) is 83.7 cm³/mol. The van der Waals surface area contributed by atoms with Crippen molar-refractivity contribution in [2.45, 2.75) is 32.9 Å². The Balaban J connectivity index is 1.64. The number of hydrogen-bond donors (Lipinski definition) is 1. The van der Waals surface area contributed by atoms with Gasteiger partial charge in [0.2, 0.25) is 5.76 Å². The van der Waals surface area contributed by atoms with Gasteiger partial charge in [-0.2, -0.15) is 0 Å². The summed E-state index contributed by atoms with van der Waals surface area (Å²) in [6.45, 7) is 5.05. The molecule has 116 valence electrons. The van der Waals surface area contributed by atoms with Gasteiger partial charge in [-0.15, -0.1) is 0 Å².